The first-order chi connectivity index (χ1) is 12.0. The summed E-state index contributed by atoms with van der Waals surface area (Å²) in [5.41, 5.74) is 4.24. The number of carbonyl (C=O) groups is 2. The lowest BCUT2D eigenvalue weighted by molar-refractivity contribution is -0.129. The third-order valence-corrected chi connectivity index (χ3v) is 4.64. The van der Waals surface area contributed by atoms with Crippen molar-refractivity contribution < 1.29 is 9.59 Å². The summed E-state index contributed by atoms with van der Waals surface area (Å²) in [7, 11) is 1.83. The van der Waals surface area contributed by atoms with Crippen molar-refractivity contribution in [1.29, 1.82) is 0 Å². The zero-order chi connectivity index (χ0) is 17.8. The van der Waals surface area contributed by atoms with Crippen LogP contribution in [-0.4, -0.2) is 30.3 Å². The molecule has 0 N–H and O–H groups in total. The van der Waals surface area contributed by atoms with Crippen molar-refractivity contribution in [2.24, 2.45) is 0 Å². The van der Waals surface area contributed by atoms with Gasteiger partial charge in [-0.15, -0.1) is 0 Å². The lowest BCUT2D eigenvalue weighted by atomic mass is 10.1. The van der Waals surface area contributed by atoms with Gasteiger partial charge in [-0.2, -0.15) is 0 Å². The number of benzene rings is 2. The highest BCUT2D eigenvalue weighted by molar-refractivity contribution is 5.95. The molecule has 1 saturated heterocycles. The van der Waals surface area contributed by atoms with Crippen LogP contribution in [0.2, 0.25) is 0 Å². The highest BCUT2D eigenvalue weighted by Gasteiger charge is 2.21. The minimum Gasteiger partial charge on any atom is -0.341 e. The minimum absolute atomic E-state index is 0.0885. The third kappa shape index (κ3) is 4.27. The van der Waals surface area contributed by atoms with E-state index in [1.807, 2.05) is 36.2 Å². The summed E-state index contributed by atoms with van der Waals surface area (Å²) in [6.07, 6.45) is 1.92. The predicted octanol–water partition coefficient (Wildman–Crippen LogP) is 3.32. The Morgan fingerprint density at radius 1 is 1.04 bits per heavy atom. The number of aryl methyl sites for hydroxylation is 1. The molecule has 0 saturated carbocycles. The third-order valence-electron chi connectivity index (χ3n) is 4.64. The van der Waals surface area contributed by atoms with Crippen LogP contribution >= 0.6 is 0 Å². The molecule has 2 amide bonds. The molecular formula is C21H24N2O2. The number of amides is 2. The summed E-state index contributed by atoms with van der Waals surface area (Å²) < 4.78 is 0. The molecule has 1 fully saturated rings. The van der Waals surface area contributed by atoms with E-state index >= 15 is 0 Å². The molecule has 0 aromatic heterocycles. The van der Waals surface area contributed by atoms with Crippen LogP contribution in [0, 0.1) is 6.92 Å². The van der Waals surface area contributed by atoms with Gasteiger partial charge in [-0.05, 0) is 36.6 Å². The number of hydrogen-bond acceptors (Lipinski definition) is 2. The number of likely N-dealkylation sites (N-methyl/N-ethyl adjacent to an activating group) is 1. The van der Waals surface area contributed by atoms with Crippen LogP contribution in [0.25, 0.3) is 0 Å². The second kappa shape index (κ2) is 7.51. The van der Waals surface area contributed by atoms with Gasteiger partial charge in [0.05, 0.1) is 6.42 Å². The molecule has 1 aliphatic heterocycles. The molecule has 3 rings (SSSR count). The van der Waals surface area contributed by atoms with Crippen LogP contribution in [-0.2, 0) is 22.6 Å². The van der Waals surface area contributed by atoms with E-state index in [0.29, 0.717) is 19.4 Å². The smallest absolute Gasteiger partial charge is 0.227 e. The van der Waals surface area contributed by atoms with Gasteiger partial charge in [0.2, 0.25) is 11.8 Å². The van der Waals surface area contributed by atoms with Crippen molar-refractivity contribution in [3.8, 4) is 0 Å². The molecule has 0 spiro atoms. The first-order valence-electron chi connectivity index (χ1n) is 8.72. The van der Waals surface area contributed by atoms with Gasteiger partial charge in [-0.1, -0.05) is 42.0 Å². The SMILES string of the molecule is Cc1ccc(CN(C)C(=O)Cc2ccc(N3CCCC3=O)cc2)cc1. The summed E-state index contributed by atoms with van der Waals surface area (Å²) in [6, 6.07) is 16.0. The summed E-state index contributed by atoms with van der Waals surface area (Å²) in [5, 5.41) is 0. The van der Waals surface area contributed by atoms with E-state index in [0.717, 1.165) is 29.8 Å². The van der Waals surface area contributed by atoms with Crippen molar-refractivity contribution in [2.45, 2.75) is 32.7 Å². The largest absolute Gasteiger partial charge is 0.341 e. The van der Waals surface area contributed by atoms with Crippen molar-refractivity contribution in [1.82, 2.24) is 4.90 Å². The molecule has 2 aromatic rings. The summed E-state index contributed by atoms with van der Waals surface area (Å²) in [6.45, 7) is 3.45. The van der Waals surface area contributed by atoms with Crippen LogP contribution in [0.15, 0.2) is 48.5 Å². The second-order valence-electron chi connectivity index (χ2n) is 6.73. The molecular weight excluding hydrogens is 312 g/mol. The van der Waals surface area contributed by atoms with Crippen molar-refractivity contribution in [3.63, 3.8) is 0 Å². The molecule has 4 nitrogen and oxygen atoms in total. The summed E-state index contributed by atoms with van der Waals surface area (Å²) in [5.74, 6) is 0.271. The van der Waals surface area contributed by atoms with Crippen LogP contribution in [0.4, 0.5) is 5.69 Å². The lowest BCUT2D eigenvalue weighted by Crippen LogP contribution is -2.27. The first kappa shape index (κ1) is 17.2. The molecule has 2 aromatic carbocycles. The Balaban J connectivity index is 1.58. The van der Waals surface area contributed by atoms with Crippen LogP contribution < -0.4 is 4.90 Å². The number of hydrogen-bond donors (Lipinski definition) is 0. The van der Waals surface area contributed by atoms with Crippen molar-refractivity contribution >= 4 is 17.5 Å². The maximum absolute atomic E-state index is 12.4. The van der Waals surface area contributed by atoms with Gasteiger partial charge in [0.1, 0.15) is 0 Å². The Morgan fingerprint density at radius 3 is 2.28 bits per heavy atom. The van der Waals surface area contributed by atoms with Crippen molar-refractivity contribution in [3.05, 3.63) is 65.2 Å². The Kier molecular flexibility index (Phi) is 5.17. The first-order valence-corrected chi connectivity index (χ1v) is 8.72. The standard InChI is InChI=1S/C21H24N2O2/c1-16-5-7-18(8-6-16)15-22(2)21(25)14-17-9-11-19(12-10-17)23-13-3-4-20(23)24/h5-12H,3-4,13-15H2,1-2H3. The fraction of sp³-hybridized carbons (Fsp3) is 0.333. The van der Waals surface area contributed by atoms with Gasteiger partial charge in [0.15, 0.2) is 0 Å². The average molecular weight is 336 g/mol. The fourth-order valence-electron chi connectivity index (χ4n) is 3.08. The number of nitrogens with zero attached hydrogens (tertiary/aromatic N) is 2. The molecule has 1 aliphatic rings. The van der Waals surface area contributed by atoms with Gasteiger partial charge in [0.25, 0.3) is 0 Å². The summed E-state index contributed by atoms with van der Waals surface area (Å²) >= 11 is 0. The van der Waals surface area contributed by atoms with E-state index in [2.05, 4.69) is 31.2 Å². The molecule has 0 radical (unpaired) electrons. The Morgan fingerprint density at radius 2 is 1.68 bits per heavy atom. The lowest BCUT2D eigenvalue weighted by Gasteiger charge is -2.18. The topological polar surface area (TPSA) is 40.6 Å². The van der Waals surface area contributed by atoms with Gasteiger partial charge in [-0.3, -0.25) is 9.59 Å². The highest BCUT2D eigenvalue weighted by atomic mass is 16.2. The Hall–Kier alpha value is -2.62. The van der Waals surface area contributed by atoms with E-state index in [1.54, 1.807) is 4.90 Å². The zero-order valence-corrected chi connectivity index (χ0v) is 14.9. The van der Waals surface area contributed by atoms with Gasteiger partial charge in [-0.25, -0.2) is 0 Å². The molecule has 0 atom stereocenters. The molecule has 0 unspecified atom stereocenters. The number of anilines is 1. The van der Waals surface area contributed by atoms with E-state index < -0.39 is 0 Å². The molecule has 1 heterocycles. The fourth-order valence-corrected chi connectivity index (χ4v) is 3.08. The van der Waals surface area contributed by atoms with E-state index in [1.165, 1.54) is 5.56 Å². The normalized spacial score (nSPS) is 14.0. The van der Waals surface area contributed by atoms with Crippen LogP contribution in [0.5, 0.6) is 0 Å². The molecule has 0 bridgehead atoms. The Bertz CT molecular complexity index is 750. The van der Waals surface area contributed by atoms with Gasteiger partial charge in [0, 0.05) is 32.2 Å². The monoisotopic (exact) mass is 336 g/mol. The molecule has 4 heteroatoms. The average Bonchev–Trinajstić information content (AvgIpc) is 3.03. The quantitative estimate of drug-likeness (QED) is 0.840. The zero-order valence-electron chi connectivity index (χ0n) is 14.9. The van der Waals surface area contributed by atoms with Crippen molar-refractivity contribution in [2.75, 3.05) is 18.5 Å². The maximum Gasteiger partial charge on any atom is 0.227 e. The molecule has 0 aliphatic carbocycles. The van der Waals surface area contributed by atoms with E-state index in [-0.39, 0.29) is 11.8 Å². The number of rotatable bonds is 5. The minimum atomic E-state index is 0.0885. The van der Waals surface area contributed by atoms with E-state index in [4.69, 9.17) is 0 Å². The Labute approximate surface area is 149 Å². The van der Waals surface area contributed by atoms with E-state index in [9.17, 15) is 9.59 Å². The summed E-state index contributed by atoms with van der Waals surface area (Å²) in [4.78, 5) is 27.8. The van der Waals surface area contributed by atoms with Crippen LogP contribution in [0.1, 0.15) is 29.5 Å². The maximum atomic E-state index is 12.4. The van der Waals surface area contributed by atoms with Gasteiger partial charge >= 0.3 is 0 Å². The molecule has 25 heavy (non-hydrogen) atoms. The van der Waals surface area contributed by atoms with Crippen LogP contribution in [0.3, 0.4) is 0 Å². The number of carbonyl (C=O) groups excluding carboxylic acids is 2. The van der Waals surface area contributed by atoms with Gasteiger partial charge < -0.3 is 9.80 Å². The predicted molar refractivity (Wildman–Crippen MR) is 99.4 cm³/mol. The highest BCUT2D eigenvalue weighted by Crippen LogP contribution is 2.22. The second-order valence-corrected chi connectivity index (χ2v) is 6.73. The molecule has 130 valence electrons.